The largest absolute Gasteiger partial charge is 0.377 e. The van der Waals surface area contributed by atoms with Crippen molar-refractivity contribution in [1.82, 2.24) is 25.6 Å². The van der Waals surface area contributed by atoms with Crippen LogP contribution in [-0.2, 0) is 16.0 Å². The van der Waals surface area contributed by atoms with Crippen LogP contribution >= 0.6 is 34.5 Å². The first-order valence-corrected chi connectivity index (χ1v) is 13.8. The molecule has 2 aromatic rings. The topological polar surface area (TPSA) is 115 Å². The molecule has 3 fully saturated rings. The second-order valence-corrected chi connectivity index (χ2v) is 12.7. The lowest BCUT2D eigenvalue weighted by Gasteiger charge is -2.52. The van der Waals surface area contributed by atoms with Crippen molar-refractivity contribution in [2.24, 2.45) is 22.7 Å². The molecule has 198 valence electrons. The smallest absolute Gasteiger partial charge is 0.265 e. The average molecular weight is 567 g/mol. The first-order valence-electron chi connectivity index (χ1n) is 12.1. The number of carbonyl (C=O) groups is 3. The molecule has 12 heteroatoms. The number of nitrogens with zero attached hydrogens (tertiary/aromatic N) is 3. The fourth-order valence-corrected chi connectivity index (χ4v) is 6.41. The number of nitrogens with one attached hydrogen (secondary N) is 2. The standard InChI is InChI=1S/C25H29Cl2N5O4S/c1-24(2)7-15(24)22(35)32-11-25(12-32)10-31(23(36)19-8-28-13-37-19)9-16(25)21(34)30-29-20(33)6-14-3-4-17(26)18(27)5-14/h3-5,8,13,15-16,21,30,34H,6-7,9-12H2,1-2H3,(H,29,33)/t15-,16-,21?/m1/s1. The Bertz CT molecular complexity index is 1220. The molecular formula is C25H29Cl2N5O4S. The van der Waals surface area contributed by atoms with E-state index in [1.54, 1.807) is 28.6 Å². The van der Waals surface area contributed by atoms with E-state index in [9.17, 15) is 19.5 Å². The van der Waals surface area contributed by atoms with Crippen LogP contribution in [0.1, 0.15) is 35.5 Å². The Hall–Kier alpha value is -2.24. The quantitative estimate of drug-likeness (QED) is 0.351. The minimum atomic E-state index is -1.12. The summed E-state index contributed by atoms with van der Waals surface area (Å²) in [5.74, 6) is -0.718. The Morgan fingerprint density at radius 2 is 1.89 bits per heavy atom. The maximum Gasteiger partial charge on any atom is 0.265 e. The van der Waals surface area contributed by atoms with E-state index in [-0.39, 0.29) is 41.4 Å². The van der Waals surface area contributed by atoms with Crippen molar-refractivity contribution >= 4 is 52.3 Å². The summed E-state index contributed by atoms with van der Waals surface area (Å²) < 4.78 is 0. The number of hydrogen-bond donors (Lipinski definition) is 3. The molecule has 0 radical (unpaired) electrons. The van der Waals surface area contributed by atoms with E-state index < -0.39 is 11.6 Å². The molecule has 3 atom stereocenters. The van der Waals surface area contributed by atoms with Gasteiger partial charge in [-0.3, -0.25) is 24.8 Å². The molecule has 3 amide bonds. The van der Waals surface area contributed by atoms with E-state index in [1.165, 1.54) is 17.5 Å². The molecule has 1 unspecified atom stereocenters. The molecule has 1 aromatic carbocycles. The molecule has 3 N–H and O–H groups in total. The second kappa shape index (κ2) is 9.81. The Kier molecular flexibility index (Phi) is 6.99. The summed E-state index contributed by atoms with van der Waals surface area (Å²) in [5, 5.41) is 11.9. The van der Waals surface area contributed by atoms with Crippen LogP contribution in [0.3, 0.4) is 0 Å². The van der Waals surface area contributed by atoms with Gasteiger partial charge in [0.15, 0.2) is 0 Å². The van der Waals surface area contributed by atoms with Crippen molar-refractivity contribution in [2.45, 2.75) is 32.9 Å². The van der Waals surface area contributed by atoms with Gasteiger partial charge in [-0.2, -0.15) is 0 Å². The predicted octanol–water partition coefficient (Wildman–Crippen LogP) is 2.58. The van der Waals surface area contributed by atoms with Gasteiger partial charge in [0.25, 0.3) is 5.91 Å². The lowest BCUT2D eigenvalue weighted by Crippen LogP contribution is -2.66. The van der Waals surface area contributed by atoms with Crippen molar-refractivity contribution in [3.05, 3.63) is 50.4 Å². The molecule has 9 nitrogen and oxygen atoms in total. The third-order valence-electron chi connectivity index (χ3n) is 7.86. The van der Waals surface area contributed by atoms with Crippen LogP contribution < -0.4 is 10.9 Å². The monoisotopic (exact) mass is 565 g/mol. The first-order chi connectivity index (χ1) is 17.5. The van der Waals surface area contributed by atoms with Gasteiger partial charge in [-0.25, -0.2) is 5.43 Å². The molecule has 1 spiro atoms. The van der Waals surface area contributed by atoms with Gasteiger partial charge >= 0.3 is 0 Å². The molecule has 2 saturated heterocycles. The highest BCUT2D eigenvalue weighted by atomic mass is 35.5. The second-order valence-electron chi connectivity index (χ2n) is 11.0. The van der Waals surface area contributed by atoms with Crippen LogP contribution in [-0.4, -0.2) is 70.0 Å². The van der Waals surface area contributed by atoms with E-state index in [4.69, 9.17) is 23.2 Å². The van der Waals surface area contributed by atoms with Crippen molar-refractivity contribution in [2.75, 3.05) is 26.2 Å². The number of thiazole rings is 1. The van der Waals surface area contributed by atoms with Crippen LogP contribution in [0.4, 0.5) is 0 Å². The van der Waals surface area contributed by atoms with Crippen LogP contribution in [0.5, 0.6) is 0 Å². The predicted molar refractivity (Wildman–Crippen MR) is 140 cm³/mol. The zero-order valence-corrected chi connectivity index (χ0v) is 22.9. The maximum absolute atomic E-state index is 13.1. The van der Waals surface area contributed by atoms with Crippen molar-refractivity contribution in [1.29, 1.82) is 0 Å². The van der Waals surface area contributed by atoms with Gasteiger partial charge in [0, 0.05) is 43.4 Å². The van der Waals surface area contributed by atoms with E-state index in [0.29, 0.717) is 46.7 Å². The van der Waals surface area contributed by atoms with Crippen LogP contribution in [0.2, 0.25) is 10.0 Å². The summed E-state index contributed by atoms with van der Waals surface area (Å²) in [6, 6.07) is 4.95. The first kappa shape index (κ1) is 26.4. The number of likely N-dealkylation sites (tertiary alicyclic amines) is 2. The summed E-state index contributed by atoms with van der Waals surface area (Å²) in [5.41, 5.74) is 7.15. The van der Waals surface area contributed by atoms with Crippen LogP contribution in [0.15, 0.2) is 29.9 Å². The number of amides is 3. The molecule has 1 saturated carbocycles. The third-order valence-corrected chi connectivity index (χ3v) is 9.36. The van der Waals surface area contributed by atoms with Gasteiger partial charge in [-0.05, 0) is 29.5 Å². The number of benzene rings is 1. The third kappa shape index (κ3) is 5.22. The normalized spacial score (nSPS) is 24.0. The highest BCUT2D eigenvalue weighted by Gasteiger charge is 2.61. The Labute approximate surface area is 229 Å². The van der Waals surface area contributed by atoms with E-state index in [1.807, 2.05) is 4.90 Å². The fourth-order valence-electron chi connectivity index (χ4n) is 5.51. The highest BCUT2D eigenvalue weighted by molar-refractivity contribution is 7.11. The minimum absolute atomic E-state index is 0.0305. The average Bonchev–Trinajstić information content (AvgIpc) is 3.22. The summed E-state index contributed by atoms with van der Waals surface area (Å²) in [7, 11) is 0. The Morgan fingerprint density at radius 1 is 1.19 bits per heavy atom. The Morgan fingerprint density at radius 3 is 2.51 bits per heavy atom. The molecule has 37 heavy (non-hydrogen) atoms. The molecule has 2 aliphatic heterocycles. The minimum Gasteiger partial charge on any atom is -0.377 e. The zero-order valence-electron chi connectivity index (χ0n) is 20.5. The summed E-state index contributed by atoms with van der Waals surface area (Å²) in [6.07, 6.45) is 1.34. The number of hydrogen-bond acceptors (Lipinski definition) is 7. The van der Waals surface area contributed by atoms with Gasteiger partial charge in [-0.15, -0.1) is 11.3 Å². The number of aromatic nitrogens is 1. The number of halogens is 2. The van der Waals surface area contributed by atoms with Crippen molar-refractivity contribution in [3.8, 4) is 0 Å². The number of aliphatic hydroxyl groups excluding tert-OH is 1. The lowest BCUT2D eigenvalue weighted by atomic mass is 9.70. The number of hydrazine groups is 1. The van der Waals surface area contributed by atoms with Gasteiger partial charge in [-0.1, -0.05) is 43.1 Å². The summed E-state index contributed by atoms with van der Waals surface area (Å²) in [6.45, 7) is 5.82. The van der Waals surface area contributed by atoms with Gasteiger partial charge in [0.05, 0.1) is 28.2 Å². The van der Waals surface area contributed by atoms with Gasteiger partial charge in [0.2, 0.25) is 11.8 Å². The van der Waals surface area contributed by atoms with Gasteiger partial charge < -0.3 is 14.9 Å². The van der Waals surface area contributed by atoms with Crippen LogP contribution in [0.25, 0.3) is 0 Å². The summed E-state index contributed by atoms with van der Waals surface area (Å²) >= 11 is 13.2. The van der Waals surface area contributed by atoms with E-state index in [0.717, 1.165) is 6.42 Å². The lowest BCUT2D eigenvalue weighted by molar-refractivity contribution is -0.151. The van der Waals surface area contributed by atoms with Crippen LogP contribution in [0, 0.1) is 22.7 Å². The molecule has 5 rings (SSSR count). The summed E-state index contributed by atoms with van der Waals surface area (Å²) in [4.78, 5) is 46.6. The number of aliphatic hydroxyl groups is 1. The molecule has 3 heterocycles. The fraction of sp³-hybridized carbons (Fsp3) is 0.520. The van der Waals surface area contributed by atoms with E-state index >= 15 is 0 Å². The number of rotatable bonds is 7. The zero-order chi connectivity index (χ0) is 26.5. The van der Waals surface area contributed by atoms with Crippen molar-refractivity contribution < 1.29 is 19.5 Å². The highest BCUT2D eigenvalue weighted by Crippen LogP contribution is 2.54. The van der Waals surface area contributed by atoms with Gasteiger partial charge in [0.1, 0.15) is 11.1 Å². The maximum atomic E-state index is 13.1. The number of carbonyl (C=O) groups excluding carboxylic acids is 3. The molecule has 1 aromatic heterocycles. The van der Waals surface area contributed by atoms with Crippen molar-refractivity contribution in [3.63, 3.8) is 0 Å². The molecule has 1 aliphatic carbocycles. The van der Waals surface area contributed by atoms with E-state index in [2.05, 4.69) is 29.7 Å². The molecule has 0 bridgehead atoms. The molecular weight excluding hydrogens is 537 g/mol. The SMILES string of the molecule is CC1(C)C[C@@H]1C(=O)N1CC2(CN(C(=O)c3cncs3)C[C@@H]2C(O)NNC(=O)Cc2ccc(Cl)c(Cl)c2)C1. The Balaban J connectivity index is 1.24. The molecule has 3 aliphatic rings.